The normalized spacial score (nSPS) is 12.0. The molecule has 0 fully saturated rings. The van der Waals surface area contributed by atoms with Crippen LogP contribution in [-0.2, 0) is 16.6 Å². The zero-order valence-electron chi connectivity index (χ0n) is 12.9. The molecular formula is C15H25ClN2O2S. The molecule has 6 heteroatoms. The van der Waals surface area contributed by atoms with E-state index in [9.17, 15) is 8.42 Å². The molecular weight excluding hydrogens is 308 g/mol. The van der Waals surface area contributed by atoms with E-state index in [0.29, 0.717) is 24.0 Å². The van der Waals surface area contributed by atoms with Crippen LogP contribution < -0.4 is 10.0 Å². The van der Waals surface area contributed by atoms with Gasteiger partial charge in [0.25, 0.3) is 0 Å². The molecule has 0 aromatic heterocycles. The average molecular weight is 333 g/mol. The lowest BCUT2D eigenvalue weighted by atomic mass is 10.1. The van der Waals surface area contributed by atoms with Crippen molar-refractivity contribution < 1.29 is 8.42 Å². The largest absolute Gasteiger partial charge is 0.313 e. The Balaban J connectivity index is 2.79. The molecule has 1 aromatic carbocycles. The number of benzene rings is 1. The first-order chi connectivity index (χ1) is 9.86. The summed E-state index contributed by atoms with van der Waals surface area (Å²) in [7, 11) is -3.46. The number of nitrogens with one attached hydrogen (secondary N) is 2. The van der Waals surface area contributed by atoms with E-state index in [-0.39, 0.29) is 4.90 Å². The van der Waals surface area contributed by atoms with Crippen LogP contribution in [0.5, 0.6) is 0 Å². The lowest BCUT2D eigenvalue weighted by Gasteiger charge is -2.11. The maximum Gasteiger partial charge on any atom is 0.240 e. The van der Waals surface area contributed by atoms with Crippen molar-refractivity contribution in [2.24, 2.45) is 5.92 Å². The van der Waals surface area contributed by atoms with Crippen LogP contribution in [0.3, 0.4) is 0 Å². The van der Waals surface area contributed by atoms with Crippen LogP contribution in [0.25, 0.3) is 0 Å². The zero-order chi connectivity index (χ0) is 15.9. The van der Waals surface area contributed by atoms with E-state index >= 15 is 0 Å². The summed E-state index contributed by atoms with van der Waals surface area (Å²) in [6.07, 6.45) is 1.84. The Morgan fingerprint density at radius 3 is 2.57 bits per heavy atom. The lowest BCUT2D eigenvalue weighted by Crippen LogP contribution is -2.26. The van der Waals surface area contributed by atoms with Gasteiger partial charge in [-0.3, -0.25) is 0 Å². The molecule has 0 unspecified atom stereocenters. The van der Waals surface area contributed by atoms with Crippen LogP contribution in [0.1, 0.15) is 39.2 Å². The van der Waals surface area contributed by atoms with Gasteiger partial charge in [0.15, 0.2) is 0 Å². The van der Waals surface area contributed by atoms with Crippen LogP contribution in [0, 0.1) is 5.92 Å². The van der Waals surface area contributed by atoms with E-state index < -0.39 is 10.0 Å². The Kier molecular flexibility index (Phi) is 7.66. The second-order valence-electron chi connectivity index (χ2n) is 5.51. The van der Waals surface area contributed by atoms with E-state index in [4.69, 9.17) is 11.6 Å². The van der Waals surface area contributed by atoms with Gasteiger partial charge < -0.3 is 5.32 Å². The maximum absolute atomic E-state index is 12.2. The van der Waals surface area contributed by atoms with Crippen molar-refractivity contribution in [3.8, 4) is 0 Å². The molecule has 21 heavy (non-hydrogen) atoms. The van der Waals surface area contributed by atoms with Crippen LogP contribution in [0.4, 0.5) is 0 Å². The quantitative estimate of drug-likeness (QED) is 0.683. The van der Waals surface area contributed by atoms with Crippen molar-refractivity contribution in [3.05, 3.63) is 28.8 Å². The Hall–Kier alpha value is -0.620. The molecule has 0 spiro atoms. The molecule has 1 aromatic rings. The van der Waals surface area contributed by atoms with E-state index in [2.05, 4.69) is 30.8 Å². The molecule has 0 radical (unpaired) electrons. The third-order valence-electron chi connectivity index (χ3n) is 3.08. The minimum absolute atomic E-state index is 0.268. The number of rotatable bonds is 9. The van der Waals surface area contributed by atoms with Crippen molar-refractivity contribution >= 4 is 21.6 Å². The highest BCUT2D eigenvalue weighted by Crippen LogP contribution is 2.20. The second-order valence-corrected chi connectivity index (χ2v) is 7.68. The van der Waals surface area contributed by atoms with Crippen LogP contribution >= 0.6 is 11.6 Å². The SMILES string of the molecule is CCCNCc1cc(S(=O)(=O)NCCC(C)C)ccc1Cl. The minimum atomic E-state index is -3.46. The molecule has 0 saturated heterocycles. The first-order valence-corrected chi connectivity index (χ1v) is 9.21. The Morgan fingerprint density at radius 1 is 1.24 bits per heavy atom. The summed E-state index contributed by atoms with van der Waals surface area (Å²) in [6, 6.07) is 4.83. The summed E-state index contributed by atoms with van der Waals surface area (Å²) in [6.45, 7) is 8.10. The topological polar surface area (TPSA) is 58.2 Å². The van der Waals surface area contributed by atoms with Gasteiger partial charge in [0.2, 0.25) is 10.0 Å². The highest BCUT2D eigenvalue weighted by molar-refractivity contribution is 7.89. The molecule has 4 nitrogen and oxygen atoms in total. The number of hydrogen-bond acceptors (Lipinski definition) is 3. The van der Waals surface area contributed by atoms with Crippen molar-refractivity contribution in [1.82, 2.24) is 10.0 Å². The van der Waals surface area contributed by atoms with Crippen molar-refractivity contribution in [3.63, 3.8) is 0 Å². The molecule has 0 aliphatic rings. The van der Waals surface area contributed by atoms with Gasteiger partial charge in [0.1, 0.15) is 0 Å². The Bertz CT molecular complexity index is 545. The van der Waals surface area contributed by atoms with Crippen LogP contribution in [0.2, 0.25) is 5.02 Å². The summed E-state index contributed by atoms with van der Waals surface area (Å²) < 4.78 is 27.1. The molecule has 0 amide bonds. The van der Waals surface area contributed by atoms with Gasteiger partial charge in [-0.2, -0.15) is 0 Å². The number of hydrogen-bond donors (Lipinski definition) is 2. The van der Waals surface area contributed by atoms with Crippen molar-refractivity contribution in [2.45, 2.75) is 45.1 Å². The van der Waals surface area contributed by atoms with Crippen LogP contribution in [0.15, 0.2) is 23.1 Å². The number of halogens is 1. The van der Waals surface area contributed by atoms with Crippen molar-refractivity contribution in [1.29, 1.82) is 0 Å². The minimum Gasteiger partial charge on any atom is -0.313 e. The fourth-order valence-corrected chi connectivity index (χ4v) is 3.10. The van der Waals surface area contributed by atoms with Gasteiger partial charge in [-0.05, 0) is 49.1 Å². The zero-order valence-corrected chi connectivity index (χ0v) is 14.5. The molecule has 120 valence electrons. The Labute approximate surface area is 133 Å². The standard InChI is InChI=1S/C15H25ClN2O2S/c1-4-8-17-11-13-10-14(5-6-15(13)16)21(19,20)18-9-7-12(2)3/h5-6,10,12,17-18H,4,7-9,11H2,1-3H3. The summed E-state index contributed by atoms with van der Waals surface area (Å²) in [5, 5.41) is 3.81. The van der Waals surface area contributed by atoms with Gasteiger partial charge in [-0.15, -0.1) is 0 Å². The van der Waals surface area contributed by atoms with E-state index in [1.165, 1.54) is 0 Å². The summed E-state index contributed by atoms with van der Waals surface area (Å²) in [5.74, 6) is 0.465. The smallest absolute Gasteiger partial charge is 0.240 e. The predicted octanol–water partition coefficient (Wildman–Crippen LogP) is 3.16. The molecule has 0 aliphatic carbocycles. The van der Waals surface area contributed by atoms with E-state index in [0.717, 1.165) is 24.9 Å². The molecule has 0 saturated carbocycles. The first-order valence-electron chi connectivity index (χ1n) is 7.35. The van der Waals surface area contributed by atoms with E-state index in [1.54, 1.807) is 18.2 Å². The monoisotopic (exact) mass is 332 g/mol. The first kappa shape index (κ1) is 18.4. The molecule has 2 N–H and O–H groups in total. The molecule has 0 aliphatic heterocycles. The molecule has 1 rings (SSSR count). The summed E-state index contributed by atoms with van der Waals surface area (Å²) >= 11 is 6.12. The predicted molar refractivity (Wildman–Crippen MR) is 88.1 cm³/mol. The molecule has 0 heterocycles. The highest BCUT2D eigenvalue weighted by atomic mass is 35.5. The Morgan fingerprint density at radius 2 is 1.95 bits per heavy atom. The van der Waals surface area contributed by atoms with Gasteiger partial charge in [-0.25, -0.2) is 13.1 Å². The lowest BCUT2D eigenvalue weighted by molar-refractivity contribution is 0.551. The van der Waals surface area contributed by atoms with Gasteiger partial charge in [0, 0.05) is 18.1 Å². The van der Waals surface area contributed by atoms with E-state index in [1.807, 2.05) is 0 Å². The maximum atomic E-state index is 12.2. The molecule has 0 bridgehead atoms. The van der Waals surface area contributed by atoms with Gasteiger partial charge in [-0.1, -0.05) is 32.4 Å². The highest BCUT2D eigenvalue weighted by Gasteiger charge is 2.15. The summed E-state index contributed by atoms with van der Waals surface area (Å²) in [4.78, 5) is 0.268. The molecule has 0 atom stereocenters. The van der Waals surface area contributed by atoms with Gasteiger partial charge in [0.05, 0.1) is 4.90 Å². The van der Waals surface area contributed by atoms with Gasteiger partial charge >= 0.3 is 0 Å². The van der Waals surface area contributed by atoms with Crippen LogP contribution in [-0.4, -0.2) is 21.5 Å². The number of sulfonamides is 1. The third kappa shape index (κ3) is 6.34. The summed E-state index contributed by atoms with van der Waals surface area (Å²) in [5.41, 5.74) is 0.803. The fraction of sp³-hybridized carbons (Fsp3) is 0.600. The fourth-order valence-electron chi connectivity index (χ4n) is 1.82. The average Bonchev–Trinajstić information content (AvgIpc) is 2.40. The van der Waals surface area contributed by atoms with Crippen molar-refractivity contribution in [2.75, 3.05) is 13.1 Å². The second kappa shape index (κ2) is 8.73. The third-order valence-corrected chi connectivity index (χ3v) is 4.91.